The zero-order valence-electron chi connectivity index (χ0n) is 13.8. The minimum absolute atomic E-state index is 0.0758. The number of amidine groups is 1. The summed E-state index contributed by atoms with van der Waals surface area (Å²) in [6, 6.07) is 23.0. The molecular formula is C20H16N4O2. The van der Waals surface area contributed by atoms with Crippen molar-refractivity contribution in [3.8, 4) is 5.75 Å². The van der Waals surface area contributed by atoms with Crippen molar-refractivity contribution in [2.24, 2.45) is 15.3 Å². The van der Waals surface area contributed by atoms with Crippen LogP contribution in [0.25, 0.3) is 0 Å². The summed E-state index contributed by atoms with van der Waals surface area (Å²) in [5.74, 6) is 0.390. The Labute approximate surface area is 150 Å². The van der Waals surface area contributed by atoms with Crippen LogP contribution < -0.4 is 5.43 Å². The van der Waals surface area contributed by atoms with Crippen LogP contribution in [-0.2, 0) is 0 Å². The molecule has 3 aromatic rings. The number of phenolic OH excluding ortho intramolecular Hbond substituents is 1. The number of para-hydroxylation sites is 2. The molecule has 128 valence electrons. The second kappa shape index (κ2) is 8.34. The van der Waals surface area contributed by atoms with E-state index in [0.29, 0.717) is 22.8 Å². The van der Waals surface area contributed by atoms with Gasteiger partial charge in [-0.3, -0.25) is 10.2 Å². The fraction of sp³-hybridized carbons (Fsp3) is 0. The van der Waals surface area contributed by atoms with Crippen molar-refractivity contribution in [1.82, 2.24) is 0 Å². The summed E-state index contributed by atoms with van der Waals surface area (Å²) >= 11 is 0. The van der Waals surface area contributed by atoms with Gasteiger partial charge in [0.1, 0.15) is 5.75 Å². The molecule has 3 rings (SSSR count). The lowest BCUT2D eigenvalue weighted by molar-refractivity contribution is 0.112. The first-order chi connectivity index (χ1) is 12.8. The van der Waals surface area contributed by atoms with Crippen LogP contribution in [-0.4, -0.2) is 17.2 Å². The molecule has 0 aliphatic carbocycles. The van der Waals surface area contributed by atoms with E-state index in [1.165, 1.54) is 0 Å². The van der Waals surface area contributed by atoms with Gasteiger partial charge in [0.2, 0.25) is 5.84 Å². The number of anilines is 1. The van der Waals surface area contributed by atoms with E-state index < -0.39 is 0 Å². The number of hydrogen-bond acceptors (Lipinski definition) is 5. The van der Waals surface area contributed by atoms with Crippen molar-refractivity contribution in [2.45, 2.75) is 0 Å². The third-order valence-electron chi connectivity index (χ3n) is 3.53. The topological polar surface area (TPSA) is 86.4 Å². The average molecular weight is 344 g/mol. The Hall–Kier alpha value is -3.80. The van der Waals surface area contributed by atoms with E-state index in [-0.39, 0.29) is 5.75 Å². The fourth-order valence-electron chi connectivity index (χ4n) is 2.19. The fourth-order valence-corrected chi connectivity index (χ4v) is 2.19. The van der Waals surface area contributed by atoms with Crippen molar-refractivity contribution in [2.75, 3.05) is 5.43 Å². The Morgan fingerprint density at radius 1 is 0.885 bits per heavy atom. The SMILES string of the molecule is O=Cc1ccccc1N=NC(=NNc1ccccc1O)c1ccccc1. The summed E-state index contributed by atoms with van der Waals surface area (Å²) in [4.78, 5) is 11.1. The van der Waals surface area contributed by atoms with E-state index in [2.05, 4.69) is 20.8 Å². The Morgan fingerprint density at radius 3 is 2.35 bits per heavy atom. The number of rotatable bonds is 5. The van der Waals surface area contributed by atoms with Gasteiger partial charge in [-0.15, -0.1) is 10.2 Å². The van der Waals surface area contributed by atoms with Crippen LogP contribution in [0.4, 0.5) is 11.4 Å². The highest BCUT2D eigenvalue weighted by Crippen LogP contribution is 2.22. The maximum absolute atomic E-state index is 11.1. The zero-order valence-corrected chi connectivity index (χ0v) is 13.8. The summed E-state index contributed by atoms with van der Waals surface area (Å²) in [6.45, 7) is 0. The minimum atomic E-state index is 0.0758. The second-order valence-corrected chi connectivity index (χ2v) is 5.31. The van der Waals surface area contributed by atoms with Crippen LogP contribution in [0.2, 0.25) is 0 Å². The molecule has 6 heteroatoms. The van der Waals surface area contributed by atoms with E-state index in [1.54, 1.807) is 48.5 Å². The second-order valence-electron chi connectivity index (χ2n) is 5.31. The number of carbonyl (C=O) groups excluding carboxylic acids is 1. The summed E-state index contributed by atoms with van der Waals surface area (Å²) in [6.07, 6.45) is 0.730. The normalized spacial score (nSPS) is 11.5. The first kappa shape index (κ1) is 17.0. The van der Waals surface area contributed by atoms with Crippen molar-refractivity contribution < 1.29 is 9.90 Å². The summed E-state index contributed by atoms with van der Waals surface area (Å²) in [7, 11) is 0. The van der Waals surface area contributed by atoms with E-state index in [4.69, 9.17) is 0 Å². The minimum Gasteiger partial charge on any atom is -0.506 e. The molecule has 2 N–H and O–H groups in total. The number of nitrogens with zero attached hydrogens (tertiary/aromatic N) is 3. The molecule has 0 saturated heterocycles. The molecule has 0 unspecified atom stereocenters. The highest BCUT2D eigenvalue weighted by molar-refractivity contribution is 5.99. The van der Waals surface area contributed by atoms with Gasteiger partial charge >= 0.3 is 0 Å². The van der Waals surface area contributed by atoms with Gasteiger partial charge in [0.05, 0.1) is 11.4 Å². The molecule has 0 amide bonds. The van der Waals surface area contributed by atoms with Crippen LogP contribution in [0.3, 0.4) is 0 Å². The van der Waals surface area contributed by atoms with Crippen molar-refractivity contribution in [3.05, 3.63) is 90.0 Å². The first-order valence-corrected chi connectivity index (χ1v) is 7.91. The zero-order chi connectivity index (χ0) is 18.2. The number of hydrogen-bond donors (Lipinski definition) is 2. The lowest BCUT2D eigenvalue weighted by Gasteiger charge is -2.05. The van der Waals surface area contributed by atoms with Crippen molar-refractivity contribution in [1.29, 1.82) is 0 Å². The smallest absolute Gasteiger partial charge is 0.201 e. The largest absolute Gasteiger partial charge is 0.506 e. The molecule has 26 heavy (non-hydrogen) atoms. The Morgan fingerprint density at radius 2 is 1.58 bits per heavy atom. The number of aldehydes is 1. The molecule has 0 fully saturated rings. The molecule has 0 spiro atoms. The van der Waals surface area contributed by atoms with Crippen LogP contribution in [0.15, 0.2) is 94.2 Å². The number of aromatic hydroxyl groups is 1. The molecule has 0 atom stereocenters. The number of phenols is 1. The standard InChI is InChI=1S/C20H16N4O2/c25-14-16-10-4-5-11-17(16)21-23-20(15-8-2-1-3-9-15)24-22-18-12-6-7-13-19(18)26/h1-14,22,26H. The molecule has 0 radical (unpaired) electrons. The van der Waals surface area contributed by atoms with Gasteiger partial charge in [-0.1, -0.05) is 54.6 Å². The molecule has 0 aliphatic heterocycles. The van der Waals surface area contributed by atoms with Gasteiger partial charge in [-0.25, -0.2) is 0 Å². The molecule has 0 saturated carbocycles. The van der Waals surface area contributed by atoms with Crippen LogP contribution in [0.5, 0.6) is 5.75 Å². The van der Waals surface area contributed by atoms with Crippen molar-refractivity contribution in [3.63, 3.8) is 0 Å². The summed E-state index contributed by atoms with van der Waals surface area (Å²) < 4.78 is 0. The van der Waals surface area contributed by atoms with Gasteiger partial charge in [0, 0.05) is 11.1 Å². The number of azo groups is 1. The lowest BCUT2D eigenvalue weighted by Crippen LogP contribution is -2.01. The molecule has 0 heterocycles. The highest BCUT2D eigenvalue weighted by Gasteiger charge is 2.05. The Bertz CT molecular complexity index is 953. The van der Waals surface area contributed by atoms with Crippen LogP contribution in [0, 0.1) is 0 Å². The molecule has 0 aliphatic rings. The predicted octanol–water partition coefficient (Wildman–Crippen LogP) is 4.76. The van der Waals surface area contributed by atoms with E-state index in [1.807, 2.05) is 30.3 Å². The highest BCUT2D eigenvalue weighted by atomic mass is 16.3. The van der Waals surface area contributed by atoms with E-state index >= 15 is 0 Å². The average Bonchev–Trinajstić information content (AvgIpc) is 2.70. The van der Waals surface area contributed by atoms with Crippen LogP contribution >= 0.6 is 0 Å². The first-order valence-electron chi connectivity index (χ1n) is 7.91. The molecule has 0 bridgehead atoms. The predicted molar refractivity (Wildman–Crippen MR) is 101 cm³/mol. The molecule has 0 aromatic heterocycles. The molecule has 3 aromatic carbocycles. The van der Waals surface area contributed by atoms with E-state index in [9.17, 15) is 9.90 Å². The van der Waals surface area contributed by atoms with Gasteiger partial charge in [0.15, 0.2) is 6.29 Å². The maximum Gasteiger partial charge on any atom is 0.201 e. The molecule has 6 nitrogen and oxygen atoms in total. The molecular weight excluding hydrogens is 328 g/mol. The monoisotopic (exact) mass is 344 g/mol. The Kier molecular flexibility index (Phi) is 5.47. The summed E-state index contributed by atoms with van der Waals surface area (Å²) in [5, 5.41) is 22.4. The summed E-state index contributed by atoms with van der Waals surface area (Å²) in [5.41, 5.74) is 4.87. The van der Waals surface area contributed by atoms with E-state index in [0.717, 1.165) is 11.8 Å². The van der Waals surface area contributed by atoms with Gasteiger partial charge in [0.25, 0.3) is 0 Å². The van der Waals surface area contributed by atoms with Crippen molar-refractivity contribution >= 4 is 23.5 Å². The van der Waals surface area contributed by atoms with Gasteiger partial charge < -0.3 is 5.11 Å². The number of nitrogens with one attached hydrogen (secondary N) is 1. The maximum atomic E-state index is 11.1. The number of hydrazone groups is 1. The van der Waals surface area contributed by atoms with Gasteiger partial charge in [-0.2, -0.15) is 5.10 Å². The van der Waals surface area contributed by atoms with Gasteiger partial charge in [-0.05, 0) is 24.3 Å². The number of benzene rings is 3. The number of carbonyl (C=O) groups is 1. The third kappa shape index (κ3) is 4.18. The van der Waals surface area contributed by atoms with Crippen LogP contribution in [0.1, 0.15) is 15.9 Å². The lowest BCUT2D eigenvalue weighted by atomic mass is 10.2. The third-order valence-corrected chi connectivity index (χ3v) is 3.53. The Balaban J connectivity index is 1.94. The quantitative estimate of drug-likeness (QED) is 0.175.